The molecule has 1 aromatic carbocycles. The Morgan fingerprint density at radius 1 is 1.26 bits per heavy atom. The molecule has 0 aliphatic carbocycles. The number of aryl methyl sites for hydroxylation is 2. The fraction of sp³-hybridized carbons (Fsp3) is 0.375. The van der Waals surface area contributed by atoms with E-state index in [-0.39, 0.29) is 11.3 Å². The number of nitrogens with two attached hydrogens (primary N) is 1. The second-order valence-corrected chi connectivity index (χ2v) is 6.08. The van der Waals surface area contributed by atoms with Crippen LogP contribution in [0, 0.1) is 13.8 Å². The summed E-state index contributed by atoms with van der Waals surface area (Å²) in [6.45, 7) is 6.37. The molecule has 0 aliphatic rings. The van der Waals surface area contributed by atoms with Crippen molar-refractivity contribution in [3.63, 3.8) is 0 Å². The first kappa shape index (κ1) is 14.2. The number of benzene rings is 1. The number of hydrogen-bond donors (Lipinski definition) is 1. The molecule has 2 N–H and O–H groups in total. The number of thioether (sulfide) groups is 1. The lowest BCUT2D eigenvalue weighted by molar-refractivity contribution is 0.474. The van der Waals surface area contributed by atoms with Gasteiger partial charge in [-0.3, -0.25) is 0 Å². The van der Waals surface area contributed by atoms with Gasteiger partial charge in [-0.15, -0.1) is 11.8 Å². The van der Waals surface area contributed by atoms with Crippen LogP contribution in [0.1, 0.15) is 35.5 Å². The Morgan fingerprint density at radius 3 is 2.68 bits per heavy atom. The summed E-state index contributed by atoms with van der Waals surface area (Å²) in [7, 11) is 0. The van der Waals surface area contributed by atoms with Crippen LogP contribution in [0.2, 0.25) is 0 Å². The molecular formula is C16H21NOS. The highest BCUT2D eigenvalue weighted by Crippen LogP contribution is 2.39. The van der Waals surface area contributed by atoms with Gasteiger partial charge in [0.1, 0.15) is 5.76 Å². The third kappa shape index (κ3) is 3.43. The maximum Gasteiger partial charge on any atom is 0.118 e. The summed E-state index contributed by atoms with van der Waals surface area (Å²) in [5.74, 6) is 0.959. The first-order valence-corrected chi connectivity index (χ1v) is 7.52. The van der Waals surface area contributed by atoms with E-state index in [1.165, 1.54) is 16.0 Å². The van der Waals surface area contributed by atoms with Gasteiger partial charge in [0, 0.05) is 10.9 Å². The van der Waals surface area contributed by atoms with Crippen molar-refractivity contribution in [3.8, 4) is 0 Å². The van der Waals surface area contributed by atoms with Gasteiger partial charge >= 0.3 is 0 Å². The van der Waals surface area contributed by atoms with Gasteiger partial charge in [0.2, 0.25) is 0 Å². The number of rotatable bonds is 5. The number of hydrogen-bond acceptors (Lipinski definition) is 3. The van der Waals surface area contributed by atoms with Crippen LogP contribution in [0.4, 0.5) is 0 Å². The minimum absolute atomic E-state index is 0.0936. The Labute approximate surface area is 119 Å². The average Bonchev–Trinajstić information content (AvgIpc) is 2.92. The van der Waals surface area contributed by atoms with Crippen LogP contribution in [0.25, 0.3) is 0 Å². The lowest BCUT2D eigenvalue weighted by Crippen LogP contribution is -2.25. The van der Waals surface area contributed by atoms with Crippen LogP contribution >= 0.6 is 11.8 Å². The van der Waals surface area contributed by atoms with Gasteiger partial charge in [-0.2, -0.15) is 0 Å². The van der Waals surface area contributed by atoms with E-state index < -0.39 is 0 Å². The number of furan rings is 1. The van der Waals surface area contributed by atoms with Crippen LogP contribution in [0.5, 0.6) is 0 Å². The van der Waals surface area contributed by atoms with Crippen molar-refractivity contribution in [3.05, 3.63) is 53.5 Å². The summed E-state index contributed by atoms with van der Waals surface area (Å²) in [5.41, 5.74) is 8.83. The third-order valence-corrected chi connectivity index (χ3v) is 4.81. The van der Waals surface area contributed by atoms with Crippen LogP contribution in [0.15, 0.2) is 45.9 Å². The molecule has 0 bridgehead atoms. The van der Waals surface area contributed by atoms with Crippen LogP contribution in [-0.4, -0.2) is 6.04 Å². The fourth-order valence-corrected chi connectivity index (χ4v) is 3.39. The van der Waals surface area contributed by atoms with E-state index in [4.69, 9.17) is 10.2 Å². The van der Waals surface area contributed by atoms with Crippen molar-refractivity contribution >= 4 is 11.8 Å². The summed E-state index contributed by atoms with van der Waals surface area (Å²) in [6.07, 6.45) is 2.65. The Morgan fingerprint density at radius 2 is 2.05 bits per heavy atom. The predicted octanol–water partition coefficient (Wildman–Crippen LogP) is 4.47. The second kappa shape index (κ2) is 6.31. The zero-order chi connectivity index (χ0) is 13.8. The van der Waals surface area contributed by atoms with Crippen molar-refractivity contribution in [2.75, 3.05) is 0 Å². The van der Waals surface area contributed by atoms with Gasteiger partial charge in [0.25, 0.3) is 0 Å². The third-order valence-electron chi connectivity index (χ3n) is 3.28. The Hall–Kier alpha value is -1.19. The van der Waals surface area contributed by atoms with Crippen LogP contribution in [-0.2, 0) is 0 Å². The Balaban J connectivity index is 2.28. The molecule has 2 nitrogen and oxygen atoms in total. The van der Waals surface area contributed by atoms with Crippen LogP contribution in [0.3, 0.4) is 0 Å². The second-order valence-electron chi connectivity index (χ2n) is 4.89. The quantitative estimate of drug-likeness (QED) is 0.818. The lowest BCUT2D eigenvalue weighted by Gasteiger charge is -2.21. The maximum absolute atomic E-state index is 6.26. The molecule has 3 heteroatoms. The molecule has 0 saturated carbocycles. The van der Waals surface area contributed by atoms with Gasteiger partial charge in [-0.25, -0.2) is 0 Å². The van der Waals surface area contributed by atoms with E-state index in [2.05, 4.69) is 39.0 Å². The summed E-state index contributed by atoms with van der Waals surface area (Å²) in [4.78, 5) is 1.28. The largest absolute Gasteiger partial charge is 0.468 e. The topological polar surface area (TPSA) is 39.2 Å². The molecule has 0 fully saturated rings. The highest BCUT2D eigenvalue weighted by Gasteiger charge is 2.23. The zero-order valence-electron chi connectivity index (χ0n) is 11.7. The van der Waals surface area contributed by atoms with E-state index in [9.17, 15) is 0 Å². The molecular weight excluding hydrogens is 254 g/mol. The van der Waals surface area contributed by atoms with Crippen molar-refractivity contribution in [1.29, 1.82) is 0 Å². The molecule has 102 valence electrons. The standard InChI is InChI=1S/C16H21NOS/c1-4-13(17)16(14-6-5-9-18-14)19-15-10-11(2)7-8-12(15)3/h5-10,13,16H,4,17H2,1-3H3. The van der Waals surface area contributed by atoms with Gasteiger partial charge in [0.15, 0.2) is 0 Å². The highest BCUT2D eigenvalue weighted by atomic mass is 32.2. The van der Waals surface area contributed by atoms with E-state index in [0.29, 0.717) is 0 Å². The lowest BCUT2D eigenvalue weighted by atomic mass is 10.1. The van der Waals surface area contributed by atoms with Crippen molar-refractivity contribution < 1.29 is 4.42 Å². The Kier molecular flexibility index (Phi) is 4.72. The van der Waals surface area contributed by atoms with Gasteiger partial charge < -0.3 is 10.2 Å². The van der Waals surface area contributed by atoms with Crippen LogP contribution < -0.4 is 5.73 Å². The summed E-state index contributed by atoms with van der Waals surface area (Å²) in [5, 5.41) is 0.167. The molecule has 2 unspecified atom stereocenters. The summed E-state index contributed by atoms with van der Waals surface area (Å²) < 4.78 is 5.56. The van der Waals surface area contributed by atoms with Gasteiger partial charge in [-0.05, 0) is 44.0 Å². The van der Waals surface area contributed by atoms with Crippen molar-refractivity contribution in [2.45, 2.75) is 43.4 Å². The zero-order valence-corrected chi connectivity index (χ0v) is 12.5. The molecule has 2 rings (SSSR count). The molecule has 19 heavy (non-hydrogen) atoms. The highest BCUT2D eigenvalue weighted by molar-refractivity contribution is 7.99. The fourth-order valence-electron chi connectivity index (χ4n) is 1.99. The molecule has 0 spiro atoms. The maximum atomic E-state index is 6.26. The SMILES string of the molecule is CCC(N)C(Sc1cc(C)ccc1C)c1ccco1. The Bertz CT molecular complexity index is 522. The summed E-state index contributed by atoms with van der Waals surface area (Å²) in [6, 6.07) is 10.6. The molecule has 0 saturated heterocycles. The van der Waals surface area contributed by atoms with Gasteiger partial charge in [0.05, 0.1) is 11.5 Å². The minimum atomic E-state index is 0.0936. The molecule has 0 aliphatic heterocycles. The minimum Gasteiger partial charge on any atom is -0.468 e. The molecule has 0 radical (unpaired) electrons. The van der Waals surface area contributed by atoms with E-state index in [0.717, 1.165) is 12.2 Å². The molecule has 2 atom stereocenters. The molecule has 0 amide bonds. The smallest absolute Gasteiger partial charge is 0.118 e. The van der Waals surface area contributed by atoms with E-state index in [1.54, 1.807) is 18.0 Å². The molecule has 1 aromatic heterocycles. The van der Waals surface area contributed by atoms with Crippen molar-refractivity contribution in [2.24, 2.45) is 5.73 Å². The molecule has 1 heterocycles. The normalized spacial score (nSPS) is 14.3. The first-order valence-electron chi connectivity index (χ1n) is 6.64. The van der Waals surface area contributed by atoms with E-state index in [1.807, 2.05) is 12.1 Å². The monoisotopic (exact) mass is 275 g/mol. The summed E-state index contributed by atoms with van der Waals surface area (Å²) >= 11 is 1.80. The first-order chi connectivity index (χ1) is 9.11. The van der Waals surface area contributed by atoms with E-state index >= 15 is 0 Å². The van der Waals surface area contributed by atoms with Gasteiger partial charge in [-0.1, -0.05) is 24.6 Å². The van der Waals surface area contributed by atoms with Crippen molar-refractivity contribution in [1.82, 2.24) is 0 Å². The molecule has 2 aromatic rings. The predicted molar refractivity (Wildman–Crippen MR) is 81.5 cm³/mol. The average molecular weight is 275 g/mol.